The van der Waals surface area contributed by atoms with E-state index in [1.54, 1.807) is 11.8 Å². The van der Waals surface area contributed by atoms with E-state index in [0.29, 0.717) is 13.1 Å². The van der Waals surface area contributed by atoms with E-state index in [9.17, 15) is 9.59 Å². The SMILES string of the molecule is CC(NC1CCN(C(=O)OC(C)(C)C)C1)C(=O)O. The number of nitrogens with one attached hydrogen (secondary N) is 1. The number of aliphatic carboxylic acids is 1. The Labute approximate surface area is 107 Å². The Morgan fingerprint density at radius 3 is 2.56 bits per heavy atom. The lowest BCUT2D eigenvalue weighted by atomic mass is 10.2. The number of ether oxygens (including phenoxy) is 1. The second kappa shape index (κ2) is 5.56. The van der Waals surface area contributed by atoms with Crippen molar-refractivity contribution in [1.82, 2.24) is 10.2 Å². The number of carboxylic acid groups (broad SMARTS) is 1. The molecule has 0 aromatic rings. The largest absolute Gasteiger partial charge is 0.480 e. The Bertz CT molecular complexity index is 325. The summed E-state index contributed by atoms with van der Waals surface area (Å²) in [4.78, 5) is 24.1. The Hall–Kier alpha value is -1.30. The zero-order valence-corrected chi connectivity index (χ0v) is 11.4. The molecule has 2 atom stereocenters. The summed E-state index contributed by atoms with van der Waals surface area (Å²) >= 11 is 0. The maximum absolute atomic E-state index is 11.8. The molecule has 0 bridgehead atoms. The van der Waals surface area contributed by atoms with Gasteiger partial charge in [-0.15, -0.1) is 0 Å². The molecule has 1 fully saturated rings. The molecular weight excluding hydrogens is 236 g/mol. The summed E-state index contributed by atoms with van der Waals surface area (Å²) in [6.45, 7) is 8.15. The highest BCUT2D eigenvalue weighted by Crippen LogP contribution is 2.15. The predicted molar refractivity (Wildman–Crippen MR) is 66.4 cm³/mol. The van der Waals surface area contributed by atoms with Crippen molar-refractivity contribution >= 4 is 12.1 Å². The number of hydrogen-bond acceptors (Lipinski definition) is 4. The van der Waals surface area contributed by atoms with E-state index in [1.807, 2.05) is 20.8 Å². The first-order chi connectivity index (χ1) is 8.19. The molecule has 0 spiro atoms. The molecule has 2 unspecified atom stereocenters. The number of amides is 1. The van der Waals surface area contributed by atoms with Gasteiger partial charge in [-0.25, -0.2) is 4.79 Å². The molecule has 0 aromatic carbocycles. The molecule has 18 heavy (non-hydrogen) atoms. The lowest BCUT2D eigenvalue weighted by Gasteiger charge is -2.24. The van der Waals surface area contributed by atoms with Gasteiger partial charge in [0.15, 0.2) is 0 Å². The maximum Gasteiger partial charge on any atom is 0.410 e. The molecular formula is C12H22N2O4. The third-order valence-corrected chi connectivity index (χ3v) is 2.70. The normalized spacial score (nSPS) is 21.8. The van der Waals surface area contributed by atoms with E-state index in [2.05, 4.69) is 5.32 Å². The van der Waals surface area contributed by atoms with E-state index >= 15 is 0 Å². The fraction of sp³-hybridized carbons (Fsp3) is 0.833. The summed E-state index contributed by atoms with van der Waals surface area (Å²) in [7, 11) is 0. The zero-order chi connectivity index (χ0) is 13.9. The van der Waals surface area contributed by atoms with Gasteiger partial charge in [0.05, 0.1) is 0 Å². The van der Waals surface area contributed by atoms with Gasteiger partial charge in [-0.2, -0.15) is 0 Å². The first-order valence-corrected chi connectivity index (χ1v) is 6.16. The van der Waals surface area contributed by atoms with Gasteiger partial charge in [0.2, 0.25) is 0 Å². The summed E-state index contributed by atoms with van der Waals surface area (Å²) in [5, 5.41) is 11.8. The van der Waals surface area contributed by atoms with Gasteiger partial charge < -0.3 is 14.7 Å². The smallest absolute Gasteiger partial charge is 0.410 e. The van der Waals surface area contributed by atoms with Crippen molar-refractivity contribution in [2.45, 2.75) is 51.8 Å². The molecule has 6 heteroatoms. The minimum absolute atomic E-state index is 0.0172. The average Bonchev–Trinajstić information content (AvgIpc) is 2.63. The van der Waals surface area contributed by atoms with Gasteiger partial charge in [0.1, 0.15) is 11.6 Å². The van der Waals surface area contributed by atoms with Crippen molar-refractivity contribution in [3.8, 4) is 0 Å². The minimum Gasteiger partial charge on any atom is -0.480 e. The fourth-order valence-electron chi connectivity index (χ4n) is 1.81. The summed E-state index contributed by atoms with van der Waals surface area (Å²) in [5.41, 5.74) is -0.503. The molecule has 2 N–H and O–H groups in total. The van der Waals surface area contributed by atoms with Crippen molar-refractivity contribution in [2.24, 2.45) is 0 Å². The summed E-state index contributed by atoms with van der Waals surface area (Å²) in [6.07, 6.45) is 0.409. The lowest BCUT2D eigenvalue weighted by Crippen LogP contribution is -2.43. The van der Waals surface area contributed by atoms with Crippen molar-refractivity contribution in [3.05, 3.63) is 0 Å². The molecule has 0 aliphatic carbocycles. The minimum atomic E-state index is -0.884. The van der Waals surface area contributed by atoms with Crippen LogP contribution in [0.2, 0.25) is 0 Å². The third kappa shape index (κ3) is 4.52. The van der Waals surface area contributed by atoms with E-state index in [4.69, 9.17) is 9.84 Å². The Morgan fingerprint density at radius 2 is 2.06 bits per heavy atom. The molecule has 0 aromatic heterocycles. The summed E-state index contributed by atoms with van der Waals surface area (Å²) < 4.78 is 5.27. The van der Waals surface area contributed by atoms with Gasteiger partial charge in [-0.1, -0.05) is 0 Å². The predicted octanol–water partition coefficient (Wildman–Crippen LogP) is 1.06. The summed E-state index contributed by atoms with van der Waals surface area (Å²) in [6, 6.07) is -0.586. The van der Waals surface area contributed by atoms with Crippen LogP contribution in [0.5, 0.6) is 0 Å². The van der Waals surface area contributed by atoms with Crippen LogP contribution < -0.4 is 5.32 Å². The van der Waals surface area contributed by atoms with Crippen LogP contribution in [0.15, 0.2) is 0 Å². The third-order valence-electron chi connectivity index (χ3n) is 2.70. The Kier molecular flexibility index (Phi) is 4.56. The first kappa shape index (κ1) is 14.8. The van der Waals surface area contributed by atoms with Gasteiger partial charge in [-0.05, 0) is 34.1 Å². The van der Waals surface area contributed by atoms with Gasteiger partial charge >= 0.3 is 12.1 Å². The maximum atomic E-state index is 11.8. The number of rotatable bonds is 3. The van der Waals surface area contributed by atoms with E-state index in [0.717, 1.165) is 6.42 Å². The molecule has 1 rings (SSSR count). The topological polar surface area (TPSA) is 78.9 Å². The van der Waals surface area contributed by atoms with Crippen LogP contribution in [0.1, 0.15) is 34.1 Å². The van der Waals surface area contributed by atoms with Crippen LogP contribution in [-0.4, -0.2) is 52.8 Å². The summed E-state index contributed by atoms with van der Waals surface area (Å²) in [5.74, 6) is -0.884. The van der Waals surface area contributed by atoms with Crippen molar-refractivity contribution in [3.63, 3.8) is 0 Å². The molecule has 104 valence electrons. The monoisotopic (exact) mass is 258 g/mol. The fourth-order valence-corrected chi connectivity index (χ4v) is 1.81. The highest BCUT2D eigenvalue weighted by molar-refractivity contribution is 5.73. The highest BCUT2D eigenvalue weighted by Gasteiger charge is 2.30. The Morgan fingerprint density at radius 1 is 1.44 bits per heavy atom. The van der Waals surface area contributed by atoms with Crippen LogP contribution in [0, 0.1) is 0 Å². The van der Waals surface area contributed by atoms with Crippen molar-refractivity contribution in [2.75, 3.05) is 13.1 Å². The van der Waals surface area contributed by atoms with Crippen molar-refractivity contribution in [1.29, 1.82) is 0 Å². The van der Waals surface area contributed by atoms with Crippen molar-refractivity contribution < 1.29 is 19.4 Å². The average molecular weight is 258 g/mol. The van der Waals surface area contributed by atoms with Gasteiger partial charge in [0, 0.05) is 19.1 Å². The van der Waals surface area contributed by atoms with E-state index < -0.39 is 17.6 Å². The van der Waals surface area contributed by atoms with Crippen LogP contribution in [0.4, 0.5) is 4.79 Å². The van der Waals surface area contributed by atoms with Crippen LogP contribution in [-0.2, 0) is 9.53 Å². The molecule has 1 saturated heterocycles. The van der Waals surface area contributed by atoms with E-state index in [-0.39, 0.29) is 12.1 Å². The molecule has 1 aliphatic heterocycles. The number of likely N-dealkylation sites (tertiary alicyclic amines) is 1. The van der Waals surface area contributed by atoms with Crippen LogP contribution >= 0.6 is 0 Å². The highest BCUT2D eigenvalue weighted by atomic mass is 16.6. The lowest BCUT2D eigenvalue weighted by molar-refractivity contribution is -0.139. The molecule has 6 nitrogen and oxygen atoms in total. The Balaban J connectivity index is 2.41. The molecule has 0 radical (unpaired) electrons. The second-order valence-corrected chi connectivity index (χ2v) is 5.64. The molecule has 1 heterocycles. The molecule has 1 aliphatic rings. The first-order valence-electron chi connectivity index (χ1n) is 6.16. The number of carbonyl (C=O) groups excluding carboxylic acids is 1. The van der Waals surface area contributed by atoms with Gasteiger partial charge in [-0.3, -0.25) is 10.1 Å². The van der Waals surface area contributed by atoms with Crippen LogP contribution in [0.25, 0.3) is 0 Å². The number of nitrogens with zero attached hydrogens (tertiary/aromatic N) is 1. The second-order valence-electron chi connectivity index (χ2n) is 5.64. The van der Waals surface area contributed by atoms with Gasteiger partial charge in [0.25, 0.3) is 0 Å². The molecule has 1 amide bonds. The van der Waals surface area contributed by atoms with E-state index in [1.165, 1.54) is 0 Å². The number of hydrogen-bond donors (Lipinski definition) is 2. The quantitative estimate of drug-likeness (QED) is 0.791. The van der Waals surface area contributed by atoms with Crippen LogP contribution in [0.3, 0.4) is 0 Å². The standard InChI is InChI=1S/C12H22N2O4/c1-8(10(15)16)13-9-5-6-14(7-9)11(17)18-12(2,3)4/h8-9,13H,5-7H2,1-4H3,(H,15,16). The molecule has 0 saturated carbocycles. The number of carboxylic acids is 1. The number of carbonyl (C=O) groups is 2. The zero-order valence-electron chi connectivity index (χ0n) is 11.4.